The lowest BCUT2D eigenvalue weighted by Gasteiger charge is -2.21. The minimum atomic E-state index is -0.471. The van der Waals surface area contributed by atoms with Crippen molar-refractivity contribution in [1.82, 2.24) is 4.98 Å². The molecule has 3 aromatic rings. The van der Waals surface area contributed by atoms with Gasteiger partial charge in [-0.15, -0.1) is 0 Å². The van der Waals surface area contributed by atoms with Crippen molar-refractivity contribution in [2.75, 3.05) is 19.1 Å². The van der Waals surface area contributed by atoms with Crippen LogP contribution in [0, 0.1) is 6.92 Å². The van der Waals surface area contributed by atoms with E-state index in [1.54, 1.807) is 81.1 Å². The molecule has 2 amide bonds. The van der Waals surface area contributed by atoms with E-state index in [0.717, 1.165) is 10.5 Å². The van der Waals surface area contributed by atoms with Crippen LogP contribution < -0.4 is 14.4 Å². The predicted molar refractivity (Wildman–Crippen MR) is 106 cm³/mol. The van der Waals surface area contributed by atoms with E-state index in [-0.39, 0.29) is 5.82 Å². The molecule has 0 aliphatic rings. The van der Waals surface area contributed by atoms with Gasteiger partial charge < -0.3 is 9.47 Å². The molecule has 0 spiro atoms. The number of hydrogen-bond donors (Lipinski definition) is 0. The highest BCUT2D eigenvalue weighted by Crippen LogP contribution is 2.22. The highest BCUT2D eigenvalue weighted by molar-refractivity contribution is 6.25. The van der Waals surface area contributed by atoms with Gasteiger partial charge in [-0.2, -0.15) is 0 Å². The third-order valence-corrected chi connectivity index (χ3v) is 4.21. The van der Waals surface area contributed by atoms with E-state index in [1.807, 2.05) is 6.92 Å². The van der Waals surface area contributed by atoms with Crippen molar-refractivity contribution in [1.29, 1.82) is 0 Å². The van der Waals surface area contributed by atoms with Crippen LogP contribution in [0.15, 0.2) is 66.9 Å². The van der Waals surface area contributed by atoms with E-state index in [4.69, 9.17) is 9.47 Å². The van der Waals surface area contributed by atoms with Crippen LogP contribution in [0.3, 0.4) is 0 Å². The Bertz CT molecular complexity index is 923. The van der Waals surface area contributed by atoms with Gasteiger partial charge in [0, 0.05) is 17.3 Å². The molecule has 0 aliphatic heterocycles. The van der Waals surface area contributed by atoms with Crippen molar-refractivity contribution >= 4 is 17.6 Å². The number of aryl methyl sites for hydroxylation is 1. The second-order valence-electron chi connectivity index (χ2n) is 6.09. The molecule has 6 nitrogen and oxygen atoms in total. The van der Waals surface area contributed by atoms with Gasteiger partial charge in [0.1, 0.15) is 17.3 Å². The van der Waals surface area contributed by atoms with Crippen LogP contribution in [0.1, 0.15) is 26.3 Å². The molecule has 28 heavy (non-hydrogen) atoms. The number of methoxy groups -OCH3 is 2. The number of carbonyl (C=O) groups is 2. The van der Waals surface area contributed by atoms with Crippen molar-refractivity contribution in [2.45, 2.75) is 6.92 Å². The number of aromatic nitrogens is 1. The molecule has 3 rings (SSSR count). The van der Waals surface area contributed by atoms with Crippen molar-refractivity contribution < 1.29 is 19.1 Å². The lowest BCUT2D eigenvalue weighted by molar-refractivity contribution is 0.0896. The van der Waals surface area contributed by atoms with E-state index in [9.17, 15) is 9.59 Å². The molecule has 6 heteroatoms. The average Bonchev–Trinajstić information content (AvgIpc) is 2.74. The predicted octanol–water partition coefficient (Wildman–Crippen LogP) is 3.89. The lowest BCUT2D eigenvalue weighted by atomic mass is 10.1. The number of benzene rings is 2. The second-order valence-corrected chi connectivity index (χ2v) is 6.09. The Morgan fingerprint density at radius 2 is 1.25 bits per heavy atom. The zero-order valence-corrected chi connectivity index (χ0v) is 15.9. The van der Waals surface area contributed by atoms with E-state index in [1.165, 1.54) is 0 Å². The Labute approximate surface area is 163 Å². The average molecular weight is 376 g/mol. The lowest BCUT2D eigenvalue weighted by Crippen LogP contribution is -2.37. The summed E-state index contributed by atoms with van der Waals surface area (Å²) < 4.78 is 10.3. The number of amides is 2. The van der Waals surface area contributed by atoms with E-state index in [2.05, 4.69) is 4.98 Å². The molecule has 1 aromatic heterocycles. The molecular weight excluding hydrogens is 356 g/mol. The molecule has 2 aromatic carbocycles. The number of hydrogen-bond acceptors (Lipinski definition) is 5. The first-order valence-corrected chi connectivity index (χ1v) is 8.63. The molecule has 0 radical (unpaired) electrons. The minimum absolute atomic E-state index is 0.265. The van der Waals surface area contributed by atoms with Gasteiger partial charge in [-0.3, -0.25) is 9.59 Å². The van der Waals surface area contributed by atoms with Gasteiger partial charge in [-0.05, 0) is 73.2 Å². The fourth-order valence-electron chi connectivity index (χ4n) is 2.67. The minimum Gasteiger partial charge on any atom is -0.497 e. The summed E-state index contributed by atoms with van der Waals surface area (Å²) in [6.45, 7) is 1.87. The summed E-state index contributed by atoms with van der Waals surface area (Å²) in [6, 6.07) is 16.7. The molecule has 0 aliphatic carbocycles. The molecule has 0 fully saturated rings. The first-order chi connectivity index (χ1) is 13.5. The second kappa shape index (κ2) is 8.35. The maximum absolute atomic E-state index is 13.2. The van der Waals surface area contributed by atoms with Crippen LogP contribution in [0.4, 0.5) is 5.82 Å². The number of anilines is 1. The fourth-order valence-corrected chi connectivity index (χ4v) is 2.67. The Balaban J connectivity index is 2.03. The quantitative estimate of drug-likeness (QED) is 0.632. The number of pyridine rings is 1. The number of ether oxygens (including phenoxy) is 2. The SMILES string of the molecule is COc1ccc(C(=O)N(C(=O)c2ccc(OC)cc2)c2cc(C)ccn2)cc1. The van der Waals surface area contributed by atoms with Crippen molar-refractivity contribution in [3.63, 3.8) is 0 Å². The highest BCUT2D eigenvalue weighted by Gasteiger charge is 2.27. The van der Waals surface area contributed by atoms with Crippen LogP contribution in [-0.2, 0) is 0 Å². The van der Waals surface area contributed by atoms with Crippen LogP contribution in [0.25, 0.3) is 0 Å². The Kier molecular flexibility index (Phi) is 5.69. The maximum Gasteiger partial charge on any atom is 0.266 e. The van der Waals surface area contributed by atoms with E-state index < -0.39 is 11.8 Å². The number of carbonyl (C=O) groups excluding carboxylic acids is 2. The summed E-state index contributed by atoms with van der Waals surface area (Å²) in [7, 11) is 3.10. The number of rotatable bonds is 5. The van der Waals surface area contributed by atoms with E-state index in [0.29, 0.717) is 22.6 Å². The van der Waals surface area contributed by atoms with Gasteiger partial charge in [-0.1, -0.05) is 0 Å². The summed E-state index contributed by atoms with van der Waals surface area (Å²) in [5.74, 6) is 0.571. The summed E-state index contributed by atoms with van der Waals surface area (Å²) in [5.41, 5.74) is 1.59. The Morgan fingerprint density at radius 3 is 1.64 bits per heavy atom. The first-order valence-electron chi connectivity index (χ1n) is 8.63. The van der Waals surface area contributed by atoms with Crippen LogP contribution >= 0.6 is 0 Å². The Morgan fingerprint density at radius 1 is 0.786 bits per heavy atom. The van der Waals surface area contributed by atoms with Crippen molar-refractivity contribution in [3.8, 4) is 11.5 Å². The molecule has 1 heterocycles. The fraction of sp³-hybridized carbons (Fsp3) is 0.136. The molecule has 0 atom stereocenters. The Hall–Kier alpha value is -3.67. The smallest absolute Gasteiger partial charge is 0.266 e. The normalized spacial score (nSPS) is 10.2. The largest absolute Gasteiger partial charge is 0.497 e. The van der Waals surface area contributed by atoms with E-state index >= 15 is 0 Å². The van der Waals surface area contributed by atoms with Gasteiger partial charge in [0.2, 0.25) is 0 Å². The van der Waals surface area contributed by atoms with Gasteiger partial charge in [-0.25, -0.2) is 9.88 Å². The molecule has 0 saturated carbocycles. The first kappa shape index (κ1) is 19.1. The zero-order chi connectivity index (χ0) is 20.1. The molecule has 0 N–H and O–H groups in total. The molecular formula is C22H20N2O4. The molecule has 0 unspecified atom stereocenters. The monoisotopic (exact) mass is 376 g/mol. The van der Waals surface area contributed by atoms with Crippen LogP contribution in [0.2, 0.25) is 0 Å². The molecule has 142 valence electrons. The standard InChI is InChI=1S/C22H20N2O4/c1-15-12-13-23-20(14-15)24(21(25)16-4-8-18(27-2)9-5-16)22(26)17-6-10-19(28-3)11-7-17/h4-14H,1-3H3. The summed E-state index contributed by atoms with van der Waals surface area (Å²) >= 11 is 0. The topological polar surface area (TPSA) is 68.7 Å². The molecule has 0 saturated heterocycles. The van der Waals surface area contributed by atoms with Gasteiger partial charge in [0.25, 0.3) is 11.8 Å². The van der Waals surface area contributed by atoms with Gasteiger partial charge >= 0.3 is 0 Å². The number of imide groups is 1. The van der Waals surface area contributed by atoms with Crippen molar-refractivity contribution in [3.05, 3.63) is 83.6 Å². The number of nitrogens with zero attached hydrogens (tertiary/aromatic N) is 2. The van der Waals surface area contributed by atoms with Gasteiger partial charge in [0.15, 0.2) is 0 Å². The summed E-state index contributed by atoms with van der Waals surface area (Å²) in [5, 5.41) is 0. The van der Waals surface area contributed by atoms with Gasteiger partial charge in [0.05, 0.1) is 14.2 Å². The summed E-state index contributed by atoms with van der Waals surface area (Å²) in [4.78, 5) is 31.7. The third kappa shape index (κ3) is 4.01. The third-order valence-electron chi connectivity index (χ3n) is 4.21. The zero-order valence-electron chi connectivity index (χ0n) is 15.9. The summed E-state index contributed by atoms with van der Waals surface area (Å²) in [6.07, 6.45) is 1.57. The maximum atomic E-state index is 13.2. The van der Waals surface area contributed by atoms with Crippen molar-refractivity contribution in [2.24, 2.45) is 0 Å². The highest BCUT2D eigenvalue weighted by atomic mass is 16.5. The molecule has 0 bridgehead atoms. The van der Waals surface area contributed by atoms with Crippen LogP contribution in [0.5, 0.6) is 11.5 Å². The van der Waals surface area contributed by atoms with Crippen LogP contribution in [-0.4, -0.2) is 31.0 Å².